The van der Waals surface area contributed by atoms with Crippen LogP contribution in [0.1, 0.15) is 12.8 Å². The maximum Gasteiger partial charge on any atom is 0.0621 e. The van der Waals surface area contributed by atoms with Gasteiger partial charge in [0.25, 0.3) is 0 Å². The number of piperidine rings is 1. The highest BCUT2D eigenvalue weighted by molar-refractivity contribution is 5.85. The monoisotopic (exact) mass is 256 g/mol. The second-order valence-electron chi connectivity index (χ2n) is 4.55. The molecule has 3 nitrogen and oxygen atoms in total. The number of rotatable bonds is 2. The summed E-state index contributed by atoms with van der Waals surface area (Å²) in [5, 5.41) is 13.2. The Balaban J connectivity index is 0.000000980. The highest BCUT2D eigenvalue weighted by Gasteiger charge is 2.32. The zero-order valence-electron chi connectivity index (χ0n) is 9.19. The van der Waals surface area contributed by atoms with E-state index in [0.717, 1.165) is 26.2 Å². The van der Waals surface area contributed by atoms with Crippen LogP contribution in [0, 0.1) is 11.8 Å². The van der Waals surface area contributed by atoms with Crippen LogP contribution in [0.25, 0.3) is 0 Å². The van der Waals surface area contributed by atoms with Crippen LogP contribution >= 0.6 is 24.8 Å². The van der Waals surface area contributed by atoms with Gasteiger partial charge in [-0.2, -0.15) is 0 Å². The number of likely N-dealkylation sites (tertiary alicyclic amines) is 1. The van der Waals surface area contributed by atoms with Crippen LogP contribution in [0.3, 0.4) is 0 Å². The lowest BCUT2D eigenvalue weighted by molar-refractivity contribution is 0.00338. The minimum atomic E-state index is -0.0463. The molecule has 0 saturated carbocycles. The lowest BCUT2D eigenvalue weighted by Gasteiger charge is -2.39. The van der Waals surface area contributed by atoms with Crippen LogP contribution in [0.5, 0.6) is 0 Å². The van der Waals surface area contributed by atoms with Crippen LogP contribution in [-0.4, -0.2) is 49.3 Å². The smallest absolute Gasteiger partial charge is 0.0621 e. The van der Waals surface area contributed by atoms with E-state index in [-0.39, 0.29) is 30.9 Å². The van der Waals surface area contributed by atoms with Gasteiger partial charge in [-0.25, -0.2) is 0 Å². The lowest BCUT2D eigenvalue weighted by atomic mass is 9.82. The highest BCUT2D eigenvalue weighted by Crippen LogP contribution is 2.25. The van der Waals surface area contributed by atoms with Crippen molar-refractivity contribution in [3.05, 3.63) is 0 Å². The number of nitrogens with zero attached hydrogens (tertiary/aromatic N) is 1. The third kappa shape index (κ3) is 3.75. The summed E-state index contributed by atoms with van der Waals surface area (Å²) in [7, 11) is 2.16. The fourth-order valence-corrected chi connectivity index (χ4v) is 2.31. The van der Waals surface area contributed by atoms with Crippen molar-refractivity contribution in [2.75, 3.05) is 33.2 Å². The number of hydrogen-bond donors (Lipinski definition) is 2. The molecule has 2 fully saturated rings. The minimum Gasteiger partial charge on any atom is -0.392 e. The van der Waals surface area contributed by atoms with Crippen molar-refractivity contribution in [2.45, 2.75) is 18.9 Å². The molecule has 92 valence electrons. The minimum absolute atomic E-state index is 0. The number of aliphatic hydroxyl groups excluding tert-OH is 1. The van der Waals surface area contributed by atoms with Crippen molar-refractivity contribution in [2.24, 2.45) is 11.8 Å². The Morgan fingerprint density at radius 2 is 1.67 bits per heavy atom. The van der Waals surface area contributed by atoms with E-state index in [1.807, 2.05) is 0 Å². The van der Waals surface area contributed by atoms with E-state index in [4.69, 9.17) is 0 Å². The van der Waals surface area contributed by atoms with Gasteiger partial charge < -0.3 is 15.3 Å². The van der Waals surface area contributed by atoms with E-state index in [0.29, 0.717) is 11.8 Å². The van der Waals surface area contributed by atoms with Crippen molar-refractivity contribution >= 4 is 24.8 Å². The molecule has 0 amide bonds. The predicted octanol–water partition coefficient (Wildman–Crippen LogP) is 0.752. The molecule has 1 atom stereocenters. The summed E-state index contributed by atoms with van der Waals surface area (Å²) in [5.41, 5.74) is 0. The molecular weight excluding hydrogens is 235 g/mol. The van der Waals surface area contributed by atoms with Crippen LogP contribution in [0.2, 0.25) is 0 Å². The first-order valence-corrected chi connectivity index (χ1v) is 5.34. The first kappa shape index (κ1) is 15.5. The Kier molecular flexibility index (Phi) is 7.13. The standard InChI is InChI=1S/C10H20N2O.2ClH/c1-12-4-2-8(3-5-12)10(13)9-6-11-7-9;;/h8-11,13H,2-7H2,1H3;2*1H. The second kappa shape index (κ2) is 6.92. The Morgan fingerprint density at radius 1 is 1.13 bits per heavy atom. The van der Waals surface area contributed by atoms with Crippen molar-refractivity contribution in [1.29, 1.82) is 0 Å². The number of halogens is 2. The Hall–Kier alpha value is 0.460. The zero-order valence-corrected chi connectivity index (χ0v) is 10.8. The first-order chi connectivity index (χ1) is 6.27. The molecule has 2 heterocycles. The fourth-order valence-electron chi connectivity index (χ4n) is 2.31. The molecule has 0 radical (unpaired) electrons. The molecule has 2 aliphatic heterocycles. The summed E-state index contributed by atoms with van der Waals surface area (Å²) in [6.45, 7) is 4.35. The molecule has 0 aromatic heterocycles. The van der Waals surface area contributed by atoms with Gasteiger partial charge in [-0.05, 0) is 38.9 Å². The topological polar surface area (TPSA) is 35.5 Å². The summed E-state index contributed by atoms with van der Waals surface area (Å²) < 4.78 is 0. The predicted molar refractivity (Wildman–Crippen MR) is 67.1 cm³/mol. The fraction of sp³-hybridized carbons (Fsp3) is 1.00. The van der Waals surface area contributed by atoms with Crippen LogP contribution in [0.15, 0.2) is 0 Å². The summed E-state index contributed by atoms with van der Waals surface area (Å²) in [4.78, 5) is 2.35. The van der Waals surface area contributed by atoms with Crippen LogP contribution < -0.4 is 5.32 Å². The summed E-state index contributed by atoms with van der Waals surface area (Å²) in [5.74, 6) is 1.09. The number of hydrogen-bond acceptors (Lipinski definition) is 3. The molecule has 0 aromatic rings. The van der Waals surface area contributed by atoms with Gasteiger partial charge in [-0.3, -0.25) is 0 Å². The van der Waals surface area contributed by atoms with Crippen molar-refractivity contribution < 1.29 is 5.11 Å². The molecule has 0 spiro atoms. The molecule has 0 aliphatic carbocycles. The van der Waals surface area contributed by atoms with E-state index in [2.05, 4.69) is 17.3 Å². The van der Waals surface area contributed by atoms with Crippen LogP contribution in [0.4, 0.5) is 0 Å². The van der Waals surface area contributed by atoms with Gasteiger partial charge in [-0.1, -0.05) is 0 Å². The Morgan fingerprint density at radius 3 is 2.07 bits per heavy atom. The van der Waals surface area contributed by atoms with Gasteiger partial charge >= 0.3 is 0 Å². The molecular formula is C10H22Cl2N2O. The lowest BCUT2D eigenvalue weighted by Crippen LogP contribution is -2.52. The van der Waals surface area contributed by atoms with Crippen molar-refractivity contribution in [3.8, 4) is 0 Å². The van der Waals surface area contributed by atoms with Gasteiger partial charge in [-0.15, -0.1) is 24.8 Å². The molecule has 1 unspecified atom stereocenters. The van der Waals surface area contributed by atoms with Gasteiger partial charge in [0.2, 0.25) is 0 Å². The van der Waals surface area contributed by atoms with Gasteiger partial charge in [0.1, 0.15) is 0 Å². The second-order valence-corrected chi connectivity index (χ2v) is 4.55. The molecule has 15 heavy (non-hydrogen) atoms. The van der Waals surface area contributed by atoms with Crippen molar-refractivity contribution in [1.82, 2.24) is 10.2 Å². The van der Waals surface area contributed by atoms with Gasteiger partial charge in [0.15, 0.2) is 0 Å². The summed E-state index contributed by atoms with van der Waals surface area (Å²) in [6, 6.07) is 0. The van der Waals surface area contributed by atoms with Crippen LogP contribution in [-0.2, 0) is 0 Å². The molecule has 2 rings (SSSR count). The summed E-state index contributed by atoms with van der Waals surface area (Å²) >= 11 is 0. The van der Waals surface area contributed by atoms with Gasteiger partial charge in [0.05, 0.1) is 6.10 Å². The molecule has 2 N–H and O–H groups in total. The SMILES string of the molecule is CN1CCC(C(O)C2CNC2)CC1.Cl.Cl. The Labute approximate surface area is 104 Å². The molecule has 0 bridgehead atoms. The maximum atomic E-state index is 10.0. The van der Waals surface area contributed by atoms with Gasteiger partial charge in [0, 0.05) is 19.0 Å². The Bertz CT molecular complexity index is 171. The average Bonchev–Trinajstić information content (AvgIpc) is 2.02. The maximum absolute atomic E-state index is 10.0. The molecule has 5 heteroatoms. The van der Waals surface area contributed by atoms with E-state index in [9.17, 15) is 5.11 Å². The number of aliphatic hydroxyl groups is 1. The number of nitrogens with one attached hydrogen (secondary N) is 1. The molecule has 2 saturated heterocycles. The third-order valence-electron chi connectivity index (χ3n) is 3.54. The molecule has 0 aromatic carbocycles. The first-order valence-electron chi connectivity index (χ1n) is 5.34. The normalized spacial score (nSPS) is 26.0. The average molecular weight is 257 g/mol. The third-order valence-corrected chi connectivity index (χ3v) is 3.54. The van der Waals surface area contributed by atoms with Crippen molar-refractivity contribution in [3.63, 3.8) is 0 Å². The van der Waals surface area contributed by atoms with E-state index in [1.165, 1.54) is 12.8 Å². The largest absolute Gasteiger partial charge is 0.392 e. The quantitative estimate of drug-likeness (QED) is 0.766. The highest BCUT2D eigenvalue weighted by atomic mass is 35.5. The summed E-state index contributed by atoms with van der Waals surface area (Å²) in [6.07, 6.45) is 2.30. The van der Waals surface area contributed by atoms with E-state index < -0.39 is 0 Å². The van der Waals surface area contributed by atoms with E-state index >= 15 is 0 Å². The molecule has 2 aliphatic rings. The zero-order chi connectivity index (χ0) is 9.26. The van der Waals surface area contributed by atoms with E-state index in [1.54, 1.807) is 0 Å².